The number of hydrogen-bond acceptors (Lipinski definition) is 1. The fourth-order valence-electron chi connectivity index (χ4n) is 2.49. The molecule has 0 aromatic carbocycles. The van der Waals surface area contributed by atoms with Gasteiger partial charge in [-0.05, 0) is 44.7 Å². The third kappa shape index (κ3) is 2.37. The molecule has 0 atom stereocenters. The molecular weight excluding hydrogens is 332 g/mol. The first-order valence-electron chi connectivity index (χ1n) is 6.04. The van der Waals surface area contributed by atoms with Crippen LogP contribution >= 0.6 is 31.9 Å². The largest absolute Gasteiger partial charge is 0.318 e. The standard InChI is InChI=1S/C12H18Br2N2/c1-8(2)12-15-10(13)11(14)16(12)9-6-4-3-5-7-9/h8-9H,3-7H2,1-2H3. The minimum atomic E-state index is 0.476. The topological polar surface area (TPSA) is 17.8 Å². The second-order valence-corrected chi connectivity index (χ2v) is 6.37. The quantitative estimate of drug-likeness (QED) is 0.731. The van der Waals surface area contributed by atoms with Gasteiger partial charge < -0.3 is 4.57 Å². The third-order valence-corrected chi connectivity index (χ3v) is 5.14. The Labute approximate surface area is 114 Å². The van der Waals surface area contributed by atoms with Gasteiger partial charge in [0.05, 0.1) is 0 Å². The number of halogens is 2. The average molecular weight is 350 g/mol. The summed E-state index contributed by atoms with van der Waals surface area (Å²) in [6, 6.07) is 0.638. The maximum absolute atomic E-state index is 4.62. The number of nitrogens with zero attached hydrogens (tertiary/aromatic N) is 2. The number of hydrogen-bond donors (Lipinski definition) is 0. The van der Waals surface area contributed by atoms with E-state index in [0.717, 1.165) is 9.21 Å². The van der Waals surface area contributed by atoms with Gasteiger partial charge in [-0.3, -0.25) is 0 Å². The molecule has 0 unspecified atom stereocenters. The summed E-state index contributed by atoms with van der Waals surface area (Å²) in [5, 5.41) is 0. The summed E-state index contributed by atoms with van der Waals surface area (Å²) in [6.07, 6.45) is 6.68. The van der Waals surface area contributed by atoms with Gasteiger partial charge in [-0.15, -0.1) is 0 Å². The van der Waals surface area contributed by atoms with Crippen LogP contribution in [0.25, 0.3) is 0 Å². The zero-order chi connectivity index (χ0) is 11.7. The van der Waals surface area contributed by atoms with E-state index >= 15 is 0 Å². The van der Waals surface area contributed by atoms with Crippen LogP contribution in [-0.2, 0) is 0 Å². The Morgan fingerprint density at radius 3 is 2.38 bits per heavy atom. The Morgan fingerprint density at radius 2 is 1.81 bits per heavy atom. The highest BCUT2D eigenvalue weighted by atomic mass is 79.9. The highest BCUT2D eigenvalue weighted by Crippen LogP contribution is 2.36. The molecule has 0 amide bonds. The number of aromatic nitrogens is 2. The molecule has 4 heteroatoms. The van der Waals surface area contributed by atoms with Crippen molar-refractivity contribution >= 4 is 31.9 Å². The minimum absolute atomic E-state index is 0.476. The van der Waals surface area contributed by atoms with Crippen molar-refractivity contribution in [3.8, 4) is 0 Å². The van der Waals surface area contributed by atoms with E-state index < -0.39 is 0 Å². The molecule has 1 aromatic rings. The molecule has 0 N–H and O–H groups in total. The van der Waals surface area contributed by atoms with Crippen molar-refractivity contribution < 1.29 is 0 Å². The van der Waals surface area contributed by atoms with E-state index in [-0.39, 0.29) is 0 Å². The summed E-state index contributed by atoms with van der Waals surface area (Å²) in [6.45, 7) is 4.42. The third-order valence-electron chi connectivity index (χ3n) is 3.30. The van der Waals surface area contributed by atoms with E-state index in [1.54, 1.807) is 0 Å². The maximum Gasteiger partial charge on any atom is 0.139 e. The van der Waals surface area contributed by atoms with Crippen molar-refractivity contribution in [2.75, 3.05) is 0 Å². The summed E-state index contributed by atoms with van der Waals surface area (Å²) in [5.74, 6) is 1.68. The lowest BCUT2D eigenvalue weighted by atomic mass is 9.95. The molecule has 0 spiro atoms. The molecule has 2 nitrogen and oxygen atoms in total. The van der Waals surface area contributed by atoms with E-state index in [1.165, 1.54) is 37.9 Å². The van der Waals surface area contributed by atoms with Crippen LogP contribution in [-0.4, -0.2) is 9.55 Å². The van der Waals surface area contributed by atoms with Crippen LogP contribution < -0.4 is 0 Å². The van der Waals surface area contributed by atoms with Crippen molar-refractivity contribution in [1.82, 2.24) is 9.55 Å². The second-order valence-electron chi connectivity index (χ2n) is 4.87. The summed E-state index contributed by atoms with van der Waals surface area (Å²) in [4.78, 5) is 4.62. The van der Waals surface area contributed by atoms with Crippen molar-refractivity contribution in [3.05, 3.63) is 15.0 Å². The lowest BCUT2D eigenvalue weighted by molar-refractivity contribution is 0.339. The Bertz CT molecular complexity index is 365. The molecule has 0 radical (unpaired) electrons. The fourth-order valence-corrected chi connectivity index (χ4v) is 3.43. The molecule has 2 rings (SSSR count). The molecule has 1 heterocycles. The van der Waals surface area contributed by atoms with Crippen LogP contribution in [0.15, 0.2) is 9.21 Å². The van der Waals surface area contributed by atoms with Crippen LogP contribution in [0.4, 0.5) is 0 Å². The Kier molecular flexibility index (Phi) is 4.11. The molecule has 0 saturated heterocycles. The first kappa shape index (κ1) is 12.6. The predicted molar refractivity (Wildman–Crippen MR) is 73.8 cm³/mol. The molecule has 1 aliphatic carbocycles. The number of rotatable bonds is 2. The van der Waals surface area contributed by atoms with Gasteiger partial charge in [-0.2, -0.15) is 0 Å². The molecule has 1 fully saturated rings. The Morgan fingerprint density at radius 1 is 1.19 bits per heavy atom. The zero-order valence-corrected chi connectivity index (χ0v) is 13.0. The van der Waals surface area contributed by atoms with E-state index in [1.807, 2.05) is 0 Å². The van der Waals surface area contributed by atoms with Crippen molar-refractivity contribution in [2.24, 2.45) is 0 Å². The first-order chi connectivity index (χ1) is 7.61. The van der Waals surface area contributed by atoms with Crippen molar-refractivity contribution in [2.45, 2.75) is 57.9 Å². The van der Waals surface area contributed by atoms with Crippen LogP contribution in [0.5, 0.6) is 0 Å². The monoisotopic (exact) mass is 348 g/mol. The molecular formula is C12H18Br2N2. The Hall–Kier alpha value is 0.170. The predicted octanol–water partition coefficient (Wildman–Crippen LogP) is 5.04. The van der Waals surface area contributed by atoms with Crippen LogP contribution in [0.2, 0.25) is 0 Å². The summed E-state index contributed by atoms with van der Waals surface area (Å²) in [5.41, 5.74) is 0. The molecule has 16 heavy (non-hydrogen) atoms. The van der Waals surface area contributed by atoms with E-state index in [4.69, 9.17) is 0 Å². The van der Waals surface area contributed by atoms with Gasteiger partial charge in [0.15, 0.2) is 0 Å². The van der Waals surface area contributed by atoms with Gasteiger partial charge in [0.25, 0.3) is 0 Å². The van der Waals surface area contributed by atoms with Crippen molar-refractivity contribution in [1.29, 1.82) is 0 Å². The van der Waals surface area contributed by atoms with E-state index in [0.29, 0.717) is 12.0 Å². The van der Waals surface area contributed by atoms with E-state index in [9.17, 15) is 0 Å². The highest BCUT2D eigenvalue weighted by molar-refractivity contribution is 9.13. The van der Waals surface area contributed by atoms with Gasteiger partial charge in [0, 0.05) is 12.0 Å². The van der Waals surface area contributed by atoms with Gasteiger partial charge >= 0.3 is 0 Å². The lowest BCUT2D eigenvalue weighted by Crippen LogP contribution is -2.16. The summed E-state index contributed by atoms with van der Waals surface area (Å²) in [7, 11) is 0. The zero-order valence-electron chi connectivity index (χ0n) is 9.84. The normalized spacial score (nSPS) is 18.3. The molecule has 90 valence electrons. The molecule has 0 aliphatic heterocycles. The van der Waals surface area contributed by atoms with Gasteiger partial charge in [0.1, 0.15) is 15.0 Å². The minimum Gasteiger partial charge on any atom is -0.318 e. The van der Waals surface area contributed by atoms with Gasteiger partial charge in [-0.1, -0.05) is 33.1 Å². The number of imidazole rings is 1. The molecule has 1 aliphatic rings. The maximum atomic E-state index is 4.62. The molecule has 1 aromatic heterocycles. The van der Waals surface area contributed by atoms with E-state index in [2.05, 4.69) is 55.3 Å². The first-order valence-corrected chi connectivity index (χ1v) is 7.63. The fraction of sp³-hybridized carbons (Fsp3) is 0.750. The van der Waals surface area contributed by atoms with Gasteiger partial charge in [-0.25, -0.2) is 4.98 Å². The SMILES string of the molecule is CC(C)c1nc(Br)c(Br)n1C1CCCCC1. The molecule has 1 saturated carbocycles. The van der Waals surface area contributed by atoms with Crippen molar-refractivity contribution in [3.63, 3.8) is 0 Å². The summed E-state index contributed by atoms with van der Waals surface area (Å²) >= 11 is 7.18. The van der Waals surface area contributed by atoms with Gasteiger partial charge in [0.2, 0.25) is 0 Å². The smallest absolute Gasteiger partial charge is 0.139 e. The highest BCUT2D eigenvalue weighted by Gasteiger charge is 2.23. The Balaban J connectivity index is 2.36. The molecule has 0 bridgehead atoms. The average Bonchev–Trinajstić information content (AvgIpc) is 2.57. The van der Waals surface area contributed by atoms with Crippen LogP contribution in [0, 0.1) is 0 Å². The van der Waals surface area contributed by atoms with Crippen LogP contribution in [0.1, 0.15) is 63.7 Å². The second kappa shape index (κ2) is 5.21. The summed E-state index contributed by atoms with van der Waals surface area (Å²) < 4.78 is 4.46. The van der Waals surface area contributed by atoms with Crippen LogP contribution in [0.3, 0.4) is 0 Å². The lowest BCUT2D eigenvalue weighted by Gasteiger charge is -2.26.